The molecule has 1 N–H and O–H groups in total. The molecule has 0 spiro atoms. The van der Waals surface area contributed by atoms with Gasteiger partial charge in [0.15, 0.2) is 0 Å². The first-order valence-corrected chi connectivity index (χ1v) is 4.77. The van der Waals surface area contributed by atoms with Gasteiger partial charge in [-0.1, -0.05) is 26.0 Å². The van der Waals surface area contributed by atoms with E-state index in [4.69, 9.17) is 0 Å². The first-order valence-electron chi connectivity index (χ1n) is 4.77. The van der Waals surface area contributed by atoms with Gasteiger partial charge < -0.3 is 9.84 Å². The topological polar surface area (TPSA) is 46.5 Å². The molecule has 14 heavy (non-hydrogen) atoms. The number of carbonyl (C=O) groups excluding carboxylic acids is 1. The van der Waals surface area contributed by atoms with E-state index in [0.29, 0.717) is 0 Å². The van der Waals surface area contributed by atoms with Crippen LogP contribution in [-0.4, -0.2) is 23.8 Å². The smallest absolute Gasteiger partial charge is 0.312 e. The van der Waals surface area contributed by atoms with Crippen molar-refractivity contribution in [2.75, 3.05) is 7.11 Å². The quantitative estimate of drug-likeness (QED) is 0.555. The maximum atomic E-state index is 11.3. The number of ether oxygens (including phenoxy) is 1. The van der Waals surface area contributed by atoms with Crippen LogP contribution in [0.2, 0.25) is 0 Å². The Morgan fingerprint density at radius 1 is 1.43 bits per heavy atom. The van der Waals surface area contributed by atoms with Gasteiger partial charge in [-0.25, -0.2) is 0 Å². The van der Waals surface area contributed by atoms with Crippen LogP contribution in [0.15, 0.2) is 12.2 Å². The molecule has 1 atom stereocenters. The van der Waals surface area contributed by atoms with E-state index >= 15 is 0 Å². The minimum absolute atomic E-state index is 0.168. The second-order valence-electron chi connectivity index (χ2n) is 4.31. The molecule has 0 aliphatic carbocycles. The van der Waals surface area contributed by atoms with Gasteiger partial charge in [-0.15, -0.1) is 0 Å². The predicted octanol–water partition coefficient (Wildman–Crippen LogP) is 1.76. The van der Waals surface area contributed by atoms with Crippen LogP contribution in [0.25, 0.3) is 0 Å². The Morgan fingerprint density at radius 2 is 1.93 bits per heavy atom. The molecular formula is C11H20O3. The molecule has 82 valence electrons. The number of hydrogen-bond donors (Lipinski definition) is 1. The van der Waals surface area contributed by atoms with E-state index in [2.05, 4.69) is 4.74 Å². The summed E-state index contributed by atoms with van der Waals surface area (Å²) >= 11 is 0. The Kier molecular flexibility index (Phi) is 4.85. The van der Waals surface area contributed by atoms with Crippen molar-refractivity contribution in [3.63, 3.8) is 0 Å². The van der Waals surface area contributed by atoms with Crippen molar-refractivity contribution in [1.29, 1.82) is 0 Å². The van der Waals surface area contributed by atoms with E-state index in [1.165, 1.54) is 7.11 Å². The largest absolute Gasteiger partial charge is 0.469 e. The summed E-state index contributed by atoms with van der Waals surface area (Å²) in [5.74, 6) is -0.382. The van der Waals surface area contributed by atoms with Crippen LogP contribution in [0.4, 0.5) is 0 Å². The normalized spacial score (nSPS) is 14.8. The molecule has 0 rings (SSSR count). The second kappa shape index (κ2) is 5.15. The third kappa shape index (κ3) is 5.02. The monoisotopic (exact) mass is 200 g/mol. The lowest BCUT2D eigenvalue weighted by atomic mass is 9.93. The molecule has 0 aliphatic heterocycles. The van der Waals surface area contributed by atoms with E-state index in [0.717, 1.165) is 0 Å². The Hall–Kier alpha value is -0.830. The van der Waals surface area contributed by atoms with Crippen molar-refractivity contribution >= 4 is 5.97 Å². The highest BCUT2D eigenvalue weighted by Crippen LogP contribution is 2.16. The van der Waals surface area contributed by atoms with Gasteiger partial charge >= 0.3 is 5.97 Å². The molecule has 0 aliphatic rings. The Morgan fingerprint density at radius 3 is 2.21 bits per heavy atom. The maximum absolute atomic E-state index is 11.3. The molecule has 0 saturated carbocycles. The molecule has 0 bridgehead atoms. The summed E-state index contributed by atoms with van der Waals surface area (Å²) in [4.78, 5) is 11.3. The summed E-state index contributed by atoms with van der Waals surface area (Å²) in [6, 6.07) is 0. The molecule has 3 heteroatoms. The summed E-state index contributed by atoms with van der Waals surface area (Å²) in [6.45, 7) is 7.21. The standard InChI is InChI=1S/C11H20O3/c1-8(2)9(10(12)14-5)6-7-11(3,4)13/h6-9,13H,1-5H3/b7-6-. The van der Waals surface area contributed by atoms with E-state index in [9.17, 15) is 9.90 Å². The molecule has 0 aromatic carbocycles. The third-order valence-electron chi connectivity index (χ3n) is 1.90. The fourth-order valence-electron chi connectivity index (χ4n) is 1.05. The number of esters is 1. The minimum atomic E-state index is -0.888. The first-order chi connectivity index (χ1) is 6.28. The summed E-state index contributed by atoms with van der Waals surface area (Å²) in [7, 11) is 1.37. The van der Waals surface area contributed by atoms with Gasteiger partial charge in [0.1, 0.15) is 0 Å². The molecule has 0 fully saturated rings. The molecular weight excluding hydrogens is 180 g/mol. The lowest BCUT2D eigenvalue weighted by molar-refractivity contribution is -0.145. The molecule has 0 aromatic heterocycles. The lowest BCUT2D eigenvalue weighted by Gasteiger charge is -2.16. The fourth-order valence-corrected chi connectivity index (χ4v) is 1.05. The zero-order valence-corrected chi connectivity index (χ0v) is 9.57. The summed E-state index contributed by atoms with van der Waals surface area (Å²) in [6.07, 6.45) is 3.32. The van der Waals surface area contributed by atoms with Gasteiger partial charge in [0.2, 0.25) is 0 Å². The fraction of sp³-hybridized carbons (Fsp3) is 0.727. The van der Waals surface area contributed by atoms with E-state index < -0.39 is 5.60 Å². The van der Waals surface area contributed by atoms with E-state index in [1.807, 2.05) is 13.8 Å². The number of aliphatic hydroxyl groups is 1. The zero-order chi connectivity index (χ0) is 11.4. The predicted molar refractivity (Wildman–Crippen MR) is 55.8 cm³/mol. The summed E-state index contributed by atoms with van der Waals surface area (Å²) in [5, 5.41) is 9.46. The molecule has 3 nitrogen and oxygen atoms in total. The van der Waals surface area contributed by atoms with Crippen molar-refractivity contribution in [3.05, 3.63) is 12.2 Å². The van der Waals surface area contributed by atoms with Crippen LogP contribution < -0.4 is 0 Å². The van der Waals surface area contributed by atoms with Gasteiger partial charge in [0.05, 0.1) is 18.6 Å². The van der Waals surface area contributed by atoms with E-state index in [-0.39, 0.29) is 17.8 Å². The van der Waals surface area contributed by atoms with Gasteiger partial charge in [0, 0.05) is 0 Å². The number of hydrogen-bond acceptors (Lipinski definition) is 3. The number of rotatable bonds is 4. The van der Waals surface area contributed by atoms with Crippen molar-refractivity contribution in [1.82, 2.24) is 0 Å². The molecule has 0 heterocycles. The van der Waals surface area contributed by atoms with Crippen molar-refractivity contribution in [2.24, 2.45) is 11.8 Å². The van der Waals surface area contributed by atoms with Crippen LogP contribution >= 0.6 is 0 Å². The maximum Gasteiger partial charge on any atom is 0.312 e. The summed E-state index contributed by atoms with van der Waals surface area (Å²) < 4.78 is 4.67. The Balaban J connectivity index is 4.54. The van der Waals surface area contributed by atoms with Gasteiger partial charge in [-0.05, 0) is 19.8 Å². The number of methoxy groups -OCH3 is 1. The van der Waals surface area contributed by atoms with Crippen LogP contribution in [0, 0.1) is 11.8 Å². The van der Waals surface area contributed by atoms with Crippen molar-refractivity contribution < 1.29 is 14.6 Å². The highest BCUT2D eigenvalue weighted by molar-refractivity contribution is 5.74. The van der Waals surface area contributed by atoms with Crippen LogP contribution in [0.1, 0.15) is 27.7 Å². The molecule has 0 aromatic rings. The highest BCUT2D eigenvalue weighted by atomic mass is 16.5. The highest BCUT2D eigenvalue weighted by Gasteiger charge is 2.20. The SMILES string of the molecule is COC(=O)C(/C=C\C(C)(C)O)C(C)C. The van der Waals surface area contributed by atoms with Crippen LogP contribution in [0.5, 0.6) is 0 Å². The van der Waals surface area contributed by atoms with E-state index in [1.54, 1.807) is 26.0 Å². The van der Waals surface area contributed by atoms with Crippen molar-refractivity contribution in [3.8, 4) is 0 Å². The molecule has 0 amide bonds. The Labute approximate surface area is 85.8 Å². The lowest BCUT2D eigenvalue weighted by Crippen LogP contribution is -2.21. The number of carbonyl (C=O) groups is 1. The average molecular weight is 200 g/mol. The zero-order valence-electron chi connectivity index (χ0n) is 9.57. The molecule has 0 radical (unpaired) electrons. The average Bonchev–Trinajstić information content (AvgIpc) is 2.01. The van der Waals surface area contributed by atoms with Gasteiger partial charge in [-0.2, -0.15) is 0 Å². The van der Waals surface area contributed by atoms with Crippen LogP contribution in [-0.2, 0) is 9.53 Å². The second-order valence-corrected chi connectivity index (χ2v) is 4.31. The third-order valence-corrected chi connectivity index (χ3v) is 1.90. The molecule has 0 saturated heterocycles. The van der Waals surface area contributed by atoms with Gasteiger partial charge in [0.25, 0.3) is 0 Å². The molecule has 1 unspecified atom stereocenters. The summed E-state index contributed by atoms with van der Waals surface area (Å²) in [5.41, 5.74) is -0.888. The van der Waals surface area contributed by atoms with Crippen molar-refractivity contribution in [2.45, 2.75) is 33.3 Å². The first kappa shape index (κ1) is 13.2. The Bertz CT molecular complexity index is 211. The van der Waals surface area contributed by atoms with Gasteiger partial charge in [-0.3, -0.25) is 4.79 Å². The minimum Gasteiger partial charge on any atom is -0.469 e. The van der Waals surface area contributed by atoms with Crippen LogP contribution in [0.3, 0.4) is 0 Å².